The molecule has 0 fully saturated rings. The van der Waals surface area contributed by atoms with Crippen LogP contribution >= 0.6 is 0 Å². The summed E-state index contributed by atoms with van der Waals surface area (Å²) >= 11 is 0. The van der Waals surface area contributed by atoms with Crippen molar-refractivity contribution in [1.29, 1.82) is 5.26 Å². The van der Waals surface area contributed by atoms with E-state index < -0.39 is 0 Å². The lowest BCUT2D eigenvalue weighted by molar-refractivity contribution is 0.830. The Morgan fingerprint density at radius 2 is 2.00 bits per heavy atom. The van der Waals surface area contributed by atoms with Gasteiger partial charge in [0.05, 0.1) is 11.3 Å². The maximum atomic E-state index is 8.89. The van der Waals surface area contributed by atoms with Gasteiger partial charge in [-0.3, -0.25) is 4.98 Å². The van der Waals surface area contributed by atoms with E-state index in [2.05, 4.69) is 22.9 Å². The second kappa shape index (κ2) is 5.87. The maximum absolute atomic E-state index is 8.89. The lowest BCUT2D eigenvalue weighted by Crippen LogP contribution is -2.22. The number of hydrogen-bond acceptors (Lipinski definition) is 4. The monoisotopic (exact) mass is 252 g/mol. The van der Waals surface area contributed by atoms with E-state index in [-0.39, 0.29) is 0 Å². The Labute approximate surface area is 113 Å². The molecule has 0 saturated carbocycles. The number of anilines is 2. The summed E-state index contributed by atoms with van der Waals surface area (Å²) in [5, 5.41) is 8.89. The molecule has 19 heavy (non-hydrogen) atoms. The smallest absolute Gasteiger partial charge is 0.101 e. The summed E-state index contributed by atoms with van der Waals surface area (Å²) in [6.07, 6.45) is 3.58. The topological polar surface area (TPSA) is 65.9 Å². The molecule has 1 heterocycles. The zero-order valence-corrected chi connectivity index (χ0v) is 10.9. The number of rotatable bonds is 4. The highest BCUT2D eigenvalue weighted by atomic mass is 15.1. The quantitative estimate of drug-likeness (QED) is 0.849. The van der Waals surface area contributed by atoms with Gasteiger partial charge in [0, 0.05) is 31.2 Å². The van der Waals surface area contributed by atoms with Crippen LogP contribution in [0, 0.1) is 11.3 Å². The molecule has 1 aromatic heterocycles. The van der Waals surface area contributed by atoms with Gasteiger partial charge in [0.1, 0.15) is 6.07 Å². The number of aromatic nitrogens is 1. The molecular formula is C15H16N4. The van der Waals surface area contributed by atoms with E-state index in [9.17, 15) is 0 Å². The van der Waals surface area contributed by atoms with Crippen LogP contribution in [-0.4, -0.2) is 11.5 Å². The highest BCUT2D eigenvalue weighted by Crippen LogP contribution is 2.22. The van der Waals surface area contributed by atoms with E-state index in [0.29, 0.717) is 11.3 Å². The zero-order valence-electron chi connectivity index (χ0n) is 10.9. The van der Waals surface area contributed by atoms with Crippen molar-refractivity contribution in [2.75, 3.05) is 17.2 Å². The van der Waals surface area contributed by atoms with Crippen LogP contribution in [0.2, 0.25) is 0 Å². The van der Waals surface area contributed by atoms with Crippen LogP contribution in [0.25, 0.3) is 0 Å². The van der Waals surface area contributed by atoms with Crippen LogP contribution in [0.4, 0.5) is 11.4 Å². The van der Waals surface area contributed by atoms with Gasteiger partial charge in [-0.1, -0.05) is 0 Å². The lowest BCUT2D eigenvalue weighted by atomic mass is 10.1. The molecule has 2 rings (SSSR count). The standard InChI is InChI=1S/C15H16N4/c1-2-19(11-12-5-7-18-8-6-12)14-4-3-13(10-16)15(17)9-14/h3-9H,2,11,17H2,1H3. The highest BCUT2D eigenvalue weighted by molar-refractivity contribution is 5.63. The first-order valence-electron chi connectivity index (χ1n) is 6.18. The van der Waals surface area contributed by atoms with Gasteiger partial charge in [-0.05, 0) is 42.8 Å². The third-order valence-electron chi connectivity index (χ3n) is 3.03. The van der Waals surface area contributed by atoms with Crippen molar-refractivity contribution in [2.45, 2.75) is 13.5 Å². The predicted octanol–water partition coefficient (Wildman–Crippen LogP) is 2.56. The first kappa shape index (κ1) is 12.9. The molecule has 0 aliphatic rings. The fraction of sp³-hybridized carbons (Fsp3) is 0.200. The fourth-order valence-corrected chi connectivity index (χ4v) is 1.94. The molecule has 0 aliphatic heterocycles. The average Bonchev–Trinajstić information content (AvgIpc) is 2.46. The van der Waals surface area contributed by atoms with Crippen LogP contribution in [0.3, 0.4) is 0 Å². The van der Waals surface area contributed by atoms with E-state index in [1.165, 1.54) is 5.56 Å². The average molecular weight is 252 g/mol. The second-order valence-electron chi connectivity index (χ2n) is 4.25. The molecule has 0 atom stereocenters. The van der Waals surface area contributed by atoms with Crippen LogP contribution < -0.4 is 10.6 Å². The van der Waals surface area contributed by atoms with E-state index in [4.69, 9.17) is 11.0 Å². The summed E-state index contributed by atoms with van der Waals surface area (Å²) in [4.78, 5) is 6.21. The fourth-order valence-electron chi connectivity index (χ4n) is 1.94. The van der Waals surface area contributed by atoms with Crippen molar-refractivity contribution in [3.8, 4) is 6.07 Å². The molecule has 0 unspecified atom stereocenters. The summed E-state index contributed by atoms with van der Waals surface area (Å²) in [5.41, 5.74) is 9.12. The number of nitrogen functional groups attached to an aromatic ring is 1. The molecule has 0 bridgehead atoms. The molecule has 96 valence electrons. The Morgan fingerprint density at radius 3 is 2.58 bits per heavy atom. The molecule has 1 aromatic carbocycles. The maximum Gasteiger partial charge on any atom is 0.101 e. The van der Waals surface area contributed by atoms with Crippen LogP contribution in [0.1, 0.15) is 18.1 Å². The Morgan fingerprint density at radius 1 is 1.26 bits per heavy atom. The summed E-state index contributed by atoms with van der Waals surface area (Å²) in [7, 11) is 0. The minimum absolute atomic E-state index is 0.517. The minimum atomic E-state index is 0.517. The molecule has 0 aliphatic carbocycles. The normalized spacial score (nSPS) is 9.89. The van der Waals surface area contributed by atoms with Gasteiger partial charge in [-0.15, -0.1) is 0 Å². The number of benzene rings is 1. The van der Waals surface area contributed by atoms with Gasteiger partial charge in [0.15, 0.2) is 0 Å². The number of nitrogens with two attached hydrogens (primary N) is 1. The van der Waals surface area contributed by atoms with Crippen molar-refractivity contribution in [3.05, 3.63) is 53.9 Å². The van der Waals surface area contributed by atoms with Gasteiger partial charge in [-0.2, -0.15) is 5.26 Å². The Hall–Kier alpha value is -2.54. The minimum Gasteiger partial charge on any atom is -0.398 e. The van der Waals surface area contributed by atoms with E-state index in [1.807, 2.05) is 24.3 Å². The predicted molar refractivity (Wildman–Crippen MR) is 76.5 cm³/mol. The molecule has 0 saturated heterocycles. The first-order valence-corrected chi connectivity index (χ1v) is 6.18. The summed E-state index contributed by atoms with van der Waals surface area (Å²) in [6.45, 7) is 3.76. The van der Waals surface area contributed by atoms with Crippen molar-refractivity contribution in [1.82, 2.24) is 4.98 Å². The highest BCUT2D eigenvalue weighted by Gasteiger charge is 2.07. The summed E-state index contributed by atoms with van der Waals surface area (Å²) in [6, 6.07) is 11.6. The van der Waals surface area contributed by atoms with E-state index >= 15 is 0 Å². The lowest BCUT2D eigenvalue weighted by Gasteiger charge is -2.23. The van der Waals surface area contributed by atoms with Gasteiger partial charge in [0.25, 0.3) is 0 Å². The van der Waals surface area contributed by atoms with Gasteiger partial charge in [0.2, 0.25) is 0 Å². The number of nitrogens with zero attached hydrogens (tertiary/aromatic N) is 3. The first-order chi connectivity index (χ1) is 9.24. The SMILES string of the molecule is CCN(Cc1ccncc1)c1ccc(C#N)c(N)c1. The molecule has 0 radical (unpaired) electrons. The largest absolute Gasteiger partial charge is 0.398 e. The Balaban J connectivity index is 2.23. The Kier molecular flexibility index (Phi) is 3.99. The van der Waals surface area contributed by atoms with Crippen LogP contribution in [0.15, 0.2) is 42.7 Å². The Bertz CT molecular complexity index is 587. The molecule has 4 nitrogen and oxygen atoms in total. The zero-order chi connectivity index (χ0) is 13.7. The third-order valence-corrected chi connectivity index (χ3v) is 3.03. The molecule has 2 aromatic rings. The van der Waals surface area contributed by atoms with Crippen molar-refractivity contribution >= 4 is 11.4 Å². The number of hydrogen-bond donors (Lipinski definition) is 1. The number of pyridine rings is 1. The van der Waals surface area contributed by atoms with Crippen LogP contribution in [0.5, 0.6) is 0 Å². The second-order valence-corrected chi connectivity index (χ2v) is 4.25. The van der Waals surface area contributed by atoms with Gasteiger partial charge >= 0.3 is 0 Å². The van der Waals surface area contributed by atoms with Crippen molar-refractivity contribution in [2.24, 2.45) is 0 Å². The molecule has 2 N–H and O–H groups in total. The summed E-state index contributed by atoms with van der Waals surface area (Å²) in [5.74, 6) is 0. The molecular weight excluding hydrogens is 236 g/mol. The molecule has 0 spiro atoms. The molecule has 0 amide bonds. The number of nitriles is 1. The molecule has 4 heteroatoms. The van der Waals surface area contributed by atoms with Crippen molar-refractivity contribution < 1.29 is 0 Å². The van der Waals surface area contributed by atoms with E-state index in [0.717, 1.165) is 18.8 Å². The third kappa shape index (κ3) is 3.02. The van der Waals surface area contributed by atoms with Crippen molar-refractivity contribution in [3.63, 3.8) is 0 Å². The summed E-state index contributed by atoms with van der Waals surface area (Å²) < 4.78 is 0. The van der Waals surface area contributed by atoms with Gasteiger partial charge in [-0.25, -0.2) is 0 Å². The van der Waals surface area contributed by atoms with E-state index in [1.54, 1.807) is 18.5 Å². The van der Waals surface area contributed by atoms with Gasteiger partial charge < -0.3 is 10.6 Å². The van der Waals surface area contributed by atoms with Crippen LogP contribution in [-0.2, 0) is 6.54 Å².